The molecule has 0 saturated heterocycles. The van der Waals surface area contributed by atoms with Gasteiger partial charge in [-0.3, -0.25) is 9.59 Å². The van der Waals surface area contributed by atoms with Crippen molar-refractivity contribution in [2.45, 2.75) is 32.1 Å². The van der Waals surface area contributed by atoms with Crippen LogP contribution in [0.1, 0.15) is 13.3 Å². The van der Waals surface area contributed by atoms with E-state index in [-0.39, 0.29) is 12.2 Å². The van der Waals surface area contributed by atoms with Gasteiger partial charge in [0.05, 0.1) is 6.42 Å². The van der Waals surface area contributed by atoms with E-state index in [4.69, 9.17) is 5.73 Å². The minimum atomic E-state index is -4.35. The summed E-state index contributed by atoms with van der Waals surface area (Å²) in [5.41, 5.74) is 5.28. The number of amides is 1. The predicted molar refractivity (Wildman–Crippen MR) is 63.4 cm³/mol. The molecule has 1 aromatic rings. The molecule has 0 aliphatic heterocycles. The Bertz CT molecular complexity index is 511. The van der Waals surface area contributed by atoms with Crippen molar-refractivity contribution in [3.05, 3.63) is 28.7 Å². The number of rotatable bonds is 4. The highest BCUT2D eigenvalue weighted by molar-refractivity contribution is 5.76. The van der Waals surface area contributed by atoms with E-state index in [0.29, 0.717) is 0 Å². The SMILES string of the molecule is CC(CC(F)(F)F)NC(=O)Cn1cc(N)ccc1=O. The lowest BCUT2D eigenvalue weighted by Gasteiger charge is -2.16. The van der Waals surface area contributed by atoms with Gasteiger partial charge in [-0.2, -0.15) is 13.2 Å². The van der Waals surface area contributed by atoms with Gasteiger partial charge in [0.1, 0.15) is 6.54 Å². The maximum Gasteiger partial charge on any atom is 0.391 e. The molecule has 5 nitrogen and oxygen atoms in total. The van der Waals surface area contributed by atoms with Crippen molar-refractivity contribution in [2.24, 2.45) is 0 Å². The average molecular weight is 277 g/mol. The number of hydrogen-bond acceptors (Lipinski definition) is 3. The fourth-order valence-corrected chi connectivity index (χ4v) is 1.55. The van der Waals surface area contributed by atoms with E-state index in [9.17, 15) is 22.8 Å². The van der Waals surface area contributed by atoms with Gasteiger partial charge in [-0.1, -0.05) is 0 Å². The molecule has 1 amide bonds. The Morgan fingerprint density at radius 1 is 1.47 bits per heavy atom. The summed E-state index contributed by atoms with van der Waals surface area (Å²) in [6.07, 6.45) is -4.21. The van der Waals surface area contributed by atoms with Crippen LogP contribution in [0.25, 0.3) is 0 Å². The van der Waals surface area contributed by atoms with Crippen molar-refractivity contribution in [1.82, 2.24) is 9.88 Å². The average Bonchev–Trinajstić information content (AvgIpc) is 2.20. The Kier molecular flexibility index (Phi) is 4.57. The molecule has 0 aromatic carbocycles. The van der Waals surface area contributed by atoms with Crippen LogP contribution in [-0.4, -0.2) is 22.7 Å². The van der Waals surface area contributed by atoms with E-state index in [2.05, 4.69) is 5.32 Å². The first kappa shape index (κ1) is 15.1. The molecule has 106 valence electrons. The van der Waals surface area contributed by atoms with Crippen LogP contribution in [0, 0.1) is 0 Å². The molecule has 1 unspecified atom stereocenters. The molecule has 1 rings (SSSR count). The molecular weight excluding hydrogens is 263 g/mol. The standard InChI is InChI=1S/C11H14F3N3O2/c1-7(4-11(12,13)14)16-9(18)6-17-5-8(15)2-3-10(17)19/h2-3,5,7H,4,6,15H2,1H3,(H,16,18). The lowest BCUT2D eigenvalue weighted by Crippen LogP contribution is -2.39. The molecule has 0 saturated carbocycles. The molecule has 3 N–H and O–H groups in total. The van der Waals surface area contributed by atoms with Gasteiger partial charge in [-0.05, 0) is 13.0 Å². The molecule has 1 atom stereocenters. The van der Waals surface area contributed by atoms with Crippen LogP contribution in [0.15, 0.2) is 23.1 Å². The lowest BCUT2D eigenvalue weighted by molar-refractivity contribution is -0.141. The maximum absolute atomic E-state index is 12.1. The zero-order chi connectivity index (χ0) is 14.6. The van der Waals surface area contributed by atoms with Crippen molar-refractivity contribution in [2.75, 3.05) is 5.73 Å². The fourth-order valence-electron chi connectivity index (χ4n) is 1.55. The molecule has 0 radical (unpaired) electrons. The number of halogens is 3. The fraction of sp³-hybridized carbons (Fsp3) is 0.455. The van der Waals surface area contributed by atoms with Crippen LogP contribution in [-0.2, 0) is 11.3 Å². The number of nitrogens with zero attached hydrogens (tertiary/aromatic N) is 1. The van der Waals surface area contributed by atoms with E-state index < -0.39 is 30.1 Å². The summed E-state index contributed by atoms with van der Waals surface area (Å²) in [7, 11) is 0. The highest BCUT2D eigenvalue weighted by atomic mass is 19.4. The zero-order valence-electron chi connectivity index (χ0n) is 10.2. The van der Waals surface area contributed by atoms with Crippen molar-refractivity contribution in [1.29, 1.82) is 0 Å². The highest BCUT2D eigenvalue weighted by Crippen LogP contribution is 2.21. The Balaban J connectivity index is 2.61. The van der Waals surface area contributed by atoms with Gasteiger partial charge in [0.15, 0.2) is 0 Å². The number of nitrogens with one attached hydrogen (secondary N) is 1. The predicted octanol–water partition coefficient (Wildman–Crippen LogP) is 0.888. The van der Waals surface area contributed by atoms with Crippen LogP contribution in [0.5, 0.6) is 0 Å². The van der Waals surface area contributed by atoms with Crippen molar-refractivity contribution < 1.29 is 18.0 Å². The van der Waals surface area contributed by atoms with Crippen LogP contribution < -0.4 is 16.6 Å². The number of carbonyl (C=O) groups excluding carboxylic acids is 1. The van der Waals surface area contributed by atoms with Crippen LogP contribution in [0.3, 0.4) is 0 Å². The monoisotopic (exact) mass is 277 g/mol. The molecule has 0 aliphatic carbocycles. The van der Waals surface area contributed by atoms with Gasteiger partial charge >= 0.3 is 6.18 Å². The number of alkyl halides is 3. The number of pyridine rings is 1. The number of nitrogens with two attached hydrogens (primary N) is 1. The summed E-state index contributed by atoms with van der Waals surface area (Å²) in [5.74, 6) is -0.676. The smallest absolute Gasteiger partial charge is 0.391 e. The van der Waals surface area contributed by atoms with Gasteiger partial charge in [0.25, 0.3) is 5.56 Å². The lowest BCUT2D eigenvalue weighted by atomic mass is 10.2. The summed E-state index contributed by atoms with van der Waals surface area (Å²) in [5, 5.41) is 2.17. The Morgan fingerprint density at radius 3 is 2.68 bits per heavy atom. The van der Waals surface area contributed by atoms with Crippen LogP contribution in [0.2, 0.25) is 0 Å². The number of nitrogen functional groups attached to an aromatic ring is 1. The number of anilines is 1. The molecule has 0 fully saturated rings. The molecule has 1 aromatic heterocycles. The van der Waals surface area contributed by atoms with Crippen molar-refractivity contribution in [3.63, 3.8) is 0 Å². The van der Waals surface area contributed by atoms with Crippen LogP contribution in [0.4, 0.5) is 18.9 Å². The summed E-state index contributed by atoms with van der Waals surface area (Å²) in [6, 6.07) is 1.51. The maximum atomic E-state index is 12.1. The number of hydrogen-bond donors (Lipinski definition) is 2. The third kappa shape index (κ3) is 5.45. The van der Waals surface area contributed by atoms with E-state index in [1.807, 2.05) is 0 Å². The topological polar surface area (TPSA) is 77.1 Å². The Hall–Kier alpha value is -1.99. The van der Waals surface area contributed by atoms with Gasteiger partial charge in [-0.25, -0.2) is 0 Å². The Morgan fingerprint density at radius 2 is 2.11 bits per heavy atom. The molecule has 1 heterocycles. The van der Waals surface area contributed by atoms with Gasteiger partial charge in [-0.15, -0.1) is 0 Å². The molecule has 0 spiro atoms. The van der Waals surface area contributed by atoms with Gasteiger partial charge < -0.3 is 15.6 Å². The summed E-state index contributed by atoms with van der Waals surface area (Å²) in [6.45, 7) is 0.875. The summed E-state index contributed by atoms with van der Waals surface area (Å²) >= 11 is 0. The summed E-state index contributed by atoms with van der Waals surface area (Å²) < 4.78 is 37.3. The first-order valence-corrected chi connectivity index (χ1v) is 5.49. The Labute approximate surface area is 107 Å². The normalized spacial score (nSPS) is 13.1. The molecule has 0 aliphatic rings. The van der Waals surface area contributed by atoms with E-state index in [0.717, 1.165) is 4.57 Å². The zero-order valence-corrected chi connectivity index (χ0v) is 10.2. The third-order valence-corrected chi connectivity index (χ3v) is 2.27. The molecular formula is C11H14F3N3O2. The van der Waals surface area contributed by atoms with Gasteiger partial charge in [0.2, 0.25) is 5.91 Å². The molecule has 19 heavy (non-hydrogen) atoms. The molecule has 0 bridgehead atoms. The van der Waals surface area contributed by atoms with Crippen molar-refractivity contribution >= 4 is 11.6 Å². The van der Waals surface area contributed by atoms with Crippen molar-refractivity contribution in [3.8, 4) is 0 Å². The minimum Gasteiger partial charge on any atom is -0.398 e. The second kappa shape index (κ2) is 5.77. The van der Waals surface area contributed by atoms with Gasteiger partial charge in [0, 0.05) is 24.0 Å². The second-order valence-electron chi connectivity index (χ2n) is 4.22. The minimum absolute atomic E-state index is 0.288. The quantitative estimate of drug-likeness (QED) is 0.858. The van der Waals surface area contributed by atoms with E-state index >= 15 is 0 Å². The largest absolute Gasteiger partial charge is 0.398 e. The first-order valence-electron chi connectivity index (χ1n) is 5.49. The number of carbonyl (C=O) groups is 1. The van der Waals surface area contributed by atoms with E-state index in [1.54, 1.807) is 0 Å². The second-order valence-corrected chi connectivity index (χ2v) is 4.22. The first-order chi connectivity index (χ1) is 8.67. The third-order valence-electron chi connectivity index (χ3n) is 2.27. The molecule has 8 heteroatoms. The summed E-state index contributed by atoms with van der Waals surface area (Å²) in [4.78, 5) is 22.9. The highest BCUT2D eigenvalue weighted by Gasteiger charge is 2.30. The van der Waals surface area contributed by atoms with E-state index in [1.165, 1.54) is 25.3 Å². The number of aromatic nitrogens is 1. The van der Waals surface area contributed by atoms with Crippen LogP contribution >= 0.6 is 0 Å².